The van der Waals surface area contributed by atoms with Gasteiger partial charge in [0.2, 0.25) is 0 Å². The van der Waals surface area contributed by atoms with E-state index in [4.69, 9.17) is 9.84 Å². The van der Waals surface area contributed by atoms with E-state index >= 15 is 0 Å². The molecule has 0 aromatic carbocycles. The number of likely N-dealkylation sites (tertiary alicyclic amines) is 1. The van der Waals surface area contributed by atoms with E-state index in [0.29, 0.717) is 19.0 Å². The predicted molar refractivity (Wildman–Crippen MR) is 53.1 cm³/mol. The summed E-state index contributed by atoms with van der Waals surface area (Å²) in [6.07, 6.45) is 0.776. The van der Waals surface area contributed by atoms with Crippen molar-refractivity contribution in [2.24, 2.45) is 0 Å². The molecule has 6 heteroatoms. The second-order valence-corrected chi connectivity index (χ2v) is 4.49. The molecule has 2 heterocycles. The minimum absolute atomic E-state index is 0.114. The molecule has 0 aromatic heterocycles. The molecular weight excluding hydrogens is 204 g/mol. The van der Waals surface area contributed by atoms with Crippen molar-refractivity contribution >= 4 is 18.0 Å². The number of nitrogens with one attached hydrogen (secondary N) is 1. The number of amides is 1. The van der Waals surface area contributed by atoms with Gasteiger partial charge in [0.1, 0.15) is 5.94 Å². The number of ether oxygens (including phenoxy) is 1. The predicted octanol–water partition coefficient (Wildman–Crippen LogP) is 0.724. The average molecular weight is 218 g/mol. The summed E-state index contributed by atoms with van der Waals surface area (Å²) in [4.78, 5) is 12.1. The van der Waals surface area contributed by atoms with Crippen molar-refractivity contribution in [2.75, 3.05) is 25.6 Å². The molecule has 1 spiro atoms. The number of hydrogen-bond donors (Lipinski definition) is 2. The smallest absolute Gasteiger partial charge is 0.407 e. The summed E-state index contributed by atoms with van der Waals surface area (Å²) in [5.74, 6) is 0.660. The van der Waals surface area contributed by atoms with E-state index in [-0.39, 0.29) is 5.60 Å². The van der Waals surface area contributed by atoms with Crippen LogP contribution in [0.3, 0.4) is 0 Å². The van der Waals surface area contributed by atoms with Gasteiger partial charge in [-0.1, -0.05) is 11.9 Å². The summed E-state index contributed by atoms with van der Waals surface area (Å²) in [5.41, 5.74) is -0.114. The molecule has 2 saturated heterocycles. The standard InChI is InChI=1S/C8H14N2O3S/c11-7(12)10-3-1-8(2-4-10)5-9-14-6-13-8/h9H,1-6H2,(H,11,12). The Balaban J connectivity index is 1.90. The van der Waals surface area contributed by atoms with Gasteiger partial charge in [0.15, 0.2) is 0 Å². The molecule has 0 saturated carbocycles. The number of carbonyl (C=O) groups is 1. The fourth-order valence-electron chi connectivity index (χ4n) is 1.86. The fraction of sp³-hybridized carbons (Fsp3) is 0.875. The van der Waals surface area contributed by atoms with Gasteiger partial charge < -0.3 is 14.7 Å². The van der Waals surface area contributed by atoms with Crippen LogP contribution in [0.15, 0.2) is 0 Å². The molecule has 0 radical (unpaired) electrons. The van der Waals surface area contributed by atoms with Crippen molar-refractivity contribution in [3.63, 3.8) is 0 Å². The van der Waals surface area contributed by atoms with Crippen LogP contribution in [0.1, 0.15) is 12.8 Å². The van der Waals surface area contributed by atoms with Gasteiger partial charge >= 0.3 is 6.09 Å². The van der Waals surface area contributed by atoms with Crippen LogP contribution in [0.5, 0.6) is 0 Å². The van der Waals surface area contributed by atoms with Crippen molar-refractivity contribution in [1.82, 2.24) is 9.62 Å². The number of nitrogens with zero attached hydrogens (tertiary/aromatic N) is 1. The third-order valence-electron chi connectivity index (χ3n) is 2.87. The van der Waals surface area contributed by atoms with Crippen molar-refractivity contribution in [2.45, 2.75) is 18.4 Å². The molecule has 5 nitrogen and oxygen atoms in total. The van der Waals surface area contributed by atoms with Gasteiger partial charge in [-0.2, -0.15) is 0 Å². The first-order chi connectivity index (χ1) is 6.72. The maximum atomic E-state index is 10.7. The van der Waals surface area contributed by atoms with E-state index in [1.54, 1.807) is 11.9 Å². The van der Waals surface area contributed by atoms with E-state index in [1.807, 2.05) is 0 Å². The van der Waals surface area contributed by atoms with E-state index in [2.05, 4.69) is 4.72 Å². The zero-order valence-electron chi connectivity index (χ0n) is 7.86. The maximum Gasteiger partial charge on any atom is 0.407 e. The molecular formula is C8H14N2O3S. The number of carboxylic acid groups (broad SMARTS) is 1. The maximum absolute atomic E-state index is 10.7. The van der Waals surface area contributed by atoms with E-state index in [9.17, 15) is 4.79 Å². The fourth-order valence-corrected chi connectivity index (χ4v) is 2.61. The van der Waals surface area contributed by atoms with Gasteiger partial charge in [-0.3, -0.25) is 4.72 Å². The molecule has 1 amide bonds. The van der Waals surface area contributed by atoms with Crippen molar-refractivity contribution in [3.8, 4) is 0 Å². The van der Waals surface area contributed by atoms with Crippen LogP contribution in [-0.2, 0) is 4.74 Å². The van der Waals surface area contributed by atoms with Crippen LogP contribution in [0.2, 0.25) is 0 Å². The molecule has 0 bridgehead atoms. The monoisotopic (exact) mass is 218 g/mol. The molecule has 2 fully saturated rings. The van der Waals surface area contributed by atoms with Crippen molar-refractivity contribution in [1.29, 1.82) is 0 Å². The highest BCUT2D eigenvalue weighted by Gasteiger charge is 2.38. The SMILES string of the molecule is O=C(O)N1CCC2(CC1)CNSCO2. The first-order valence-electron chi connectivity index (χ1n) is 4.68. The van der Waals surface area contributed by atoms with E-state index in [1.165, 1.54) is 4.90 Å². The minimum atomic E-state index is -0.821. The Morgan fingerprint density at radius 2 is 2.21 bits per heavy atom. The minimum Gasteiger partial charge on any atom is -0.465 e. The summed E-state index contributed by atoms with van der Waals surface area (Å²) >= 11 is 1.57. The van der Waals surface area contributed by atoms with E-state index < -0.39 is 6.09 Å². The molecule has 0 aromatic rings. The molecule has 0 aliphatic carbocycles. The van der Waals surface area contributed by atoms with Crippen molar-refractivity contribution in [3.05, 3.63) is 0 Å². The summed E-state index contributed by atoms with van der Waals surface area (Å²) < 4.78 is 8.93. The van der Waals surface area contributed by atoms with Gasteiger partial charge in [-0.15, -0.1) is 0 Å². The lowest BCUT2D eigenvalue weighted by atomic mass is 9.91. The highest BCUT2D eigenvalue weighted by atomic mass is 32.2. The summed E-state index contributed by atoms with van der Waals surface area (Å²) in [6.45, 7) is 1.99. The van der Waals surface area contributed by atoms with Crippen LogP contribution in [0, 0.1) is 0 Å². The lowest BCUT2D eigenvalue weighted by molar-refractivity contribution is -0.0611. The number of piperidine rings is 1. The molecule has 14 heavy (non-hydrogen) atoms. The number of rotatable bonds is 0. The molecule has 2 aliphatic heterocycles. The molecule has 2 rings (SSSR count). The Morgan fingerprint density at radius 1 is 1.50 bits per heavy atom. The molecule has 0 unspecified atom stereocenters. The van der Waals surface area contributed by atoms with Crippen LogP contribution >= 0.6 is 11.9 Å². The highest BCUT2D eigenvalue weighted by molar-refractivity contribution is 7.97. The lowest BCUT2D eigenvalue weighted by Gasteiger charge is -2.42. The van der Waals surface area contributed by atoms with Crippen molar-refractivity contribution < 1.29 is 14.6 Å². The third-order valence-corrected chi connectivity index (χ3v) is 3.45. The largest absolute Gasteiger partial charge is 0.465 e. The van der Waals surface area contributed by atoms with Gasteiger partial charge in [0.05, 0.1) is 5.60 Å². The highest BCUT2D eigenvalue weighted by Crippen LogP contribution is 2.29. The van der Waals surface area contributed by atoms with Gasteiger partial charge in [0, 0.05) is 19.6 Å². The Kier molecular flexibility index (Phi) is 2.85. The Bertz CT molecular complexity index is 221. The first kappa shape index (κ1) is 10.1. The van der Waals surface area contributed by atoms with Crippen LogP contribution in [-0.4, -0.2) is 47.3 Å². The van der Waals surface area contributed by atoms with Crippen LogP contribution < -0.4 is 4.72 Å². The average Bonchev–Trinajstić information content (AvgIpc) is 2.19. The second kappa shape index (κ2) is 3.96. The molecule has 80 valence electrons. The summed E-state index contributed by atoms with van der Waals surface area (Å²) in [5, 5.41) is 8.79. The number of hydrogen-bond acceptors (Lipinski definition) is 4. The normalized spacial score (nSPS) is 26.4. The second-order valence-electron chi connectivity index (χ2n) is 3.68. The third kappa shape index (κ3) is 1.97. The summed E-state index contributed by atoms with van der Waals surface area (Å²) in [7, 11) is 0. The molecule has 2 aliphatic rings. The quantitative estimate of drug-likeness (QED) is 0.587. The Hall–Kier alpha value is -0.460. The van der Waals surface area contributed by atoms with Gasteiger partial charge in [-0.25, -0.2) is 4.79 Å². The topological polar surface area (TPSA) is 61.8 Å². The molecule has 2 N–H and O–H groups in total. The first-order valence-corrected chi connectivity index (χ1v) is 5.67. The molecule has 0 atom stereocenters. The zero-order chi connectivity index (χ0) is 10.0. The lowest BCUT2D eigenvalue weighted by Crippen LogP contribution is -2.53. The van der Waals surface area contributed by atoms with Gasteiger partial charge in [0.25, 0.3) is 0 Å². The van der Waals surface area contributed by atoms with E-state index in [0.717, 1.165) is 19.4 Å². The summed E-state index contributed by atoms with van der Waals surface area (Å²) in [6, 6.07) is 0. The Labute approximate surface area is 86.9 Å². The van der Waals surface area contributed by atoms with Crippen LogP contribution in [0.4, 0.5) is 4.79 Å². The van der Waals surface area contributed by atoms with Gasteiger partial charge in [-0.05, 0) is 12.8 Å². The zero-order valence-corrected chi connectivity index (χ0v) is 8.68. The Morgan fingerprint density at radius 3 is 2.71 bits per heavy atom. The van der Waals surface area contributed by atoms with Crippen LogP contribution in [0.25, 0.3) is 0 Å².